The molecule has 2 amide bonds. The summed E-state index contributed by atoms with van der Waals surface area (Å²) in [5.41, 5.74) is 1.27. The van der Waals surface area contributed by atoms with Crippen LogP contribution in [0.1, 0.15) is 62.5 Å². The van der Waals surface area contributed by atoms with Crippen molar-refractivity contribution in [2.75, 3.05) is 7.11 Å². The number of carbonyl (C=O) groups excluding carboxylic acids is 4. The quantitative estimate of drug-likeness (QED) is 0.333. The zero-order valence-electron chi connectivity index (χ0n) is 22.9. The molecule has 9 nitrogen and oxygen atoms in total. The van der Waals surface area contributed by atoms with Gasteiger partial charge in [0, 0.05) is 6.42 Å². The molecule has 0 saturated heterocycles. The second-order valence-corrected chi connectivity index (χ2v) is 10.4. The molecule has 0 aliphatic rings. The molecule has 0 aliphatic heterocycles. The number of hydrogen-bond acceptors (Lipinski definition) is 7. The monoisotopic (exact) mass is 526 g/mol. The van der Waals surface area contributed by atoms with E-state index in [1.165, 1.54) is 7.11 Å². The van der Waals surface area contributed by atoms with Gasteiger partial charge in [0.15, 0.2) is 0 Å². The summed E-state index contributed by atoms with van der Waals surface area (Å²) >= 11 is 0. The third-order valence-corrected chi connectivity index (χ3v) is 5.36. The van der Waals surface area contributed by atoms with E-state index in [2.05, 4.69) is 10.6 Å². The van der Waals surface area contributed by atoms with Crippen LogP contribution in [0.15, 0.2) is 54.6 Å². The standard InChI is InChI=1S/C29H38N2O7/c1-19(2)16-23(31-28(35)37-18-21-10-8-7-9-11-21)25(32)30-24(27(34)36-6)17-20-12-14-22(15-13-20)26(33)38-29(3,4)5/h7-15,19,23-24H,16-18H2,1-6H3,(H,30,32)(H,31,35)/t23-,24+/m0/s1. The fourth-order valence-electron chi connectivity index (χ4n) is 3.57. The number of amides is 2. The van der Waals surface area contributed by atoms with Crippen LogP contribution in [0.5, 0.6) is 0 Å². The summed E-state index contributed by atoms with van der Waals surface area (Å²) < 4.78 is 15.5. The fraction of sp³-hybridized carbons (Fsp3) is 0.448. The lowest BCUT2D eigenvalue weighted by molar-refractivity contribution is -0.145. The highest BCUT2D eigenvalue weighted by Gasteiger charge is 2.28. The molecule has 38 heavy (non-hydrogen) atoms. The number of ether oxygens (including phenoxy) is 3. The minimum absolute atomic E-state index is 0.0623. The van der Waals surface area contributed by atoms with Crippen molar-refractivity contribution in [2.24, 2.45) is 5.92 Å². The van der Waals surface area contributed by atoms with Crippen LogP contribution in [0, 0.1) is 5.92 Å². The Hall–Kier alpha value is -3.88. The second kappa shape index (κ2) is 14.2. The van der Waals surface area contributed by atoms with Gasteiger partial charge in [-0.2, -0.15) is 0 Å². The lowest BCUT2D eigenvalue weighted by atomic mass is 10.0. The molecular formula is C29H38N2O7. The molecule has 0 aliphatic carbocycles. The Kier molecular flexibility index (Phi) is 11.3. The van der Waals surface area contributed by atoms with Crippen LogP contribution in [-0.4, -0.2) is 48.7 Å². The van der Waals surface area contributed by atoms with Gasteiger partial charge in [-0.1, -0.05) is 56.3 Å². The Morgan fingerprint density at radius 1 is 0.842 bits per heavy atom. The Morgan fingerprint density at radius 2 is 1.47 bits per heavy atom. The van der Waals surface area contributed by atoms with Gasteiger partial charge in [0.25, 0.3) is 0 Å². The summed E-state index contributed by atoms with van der Waals surface area (Å²) in [5, 5.41) is 5.30. The lowest BCUT2D eigenvalue weighted by Gasteiger charge is -2.23. The predicted octanol–water partition coefficient (Wildman–Crippen LogP) is 4.18. The molecule has 2 N–H and O–H groups in total. The Labute approximate surface area is 224 Å². The molecular weight excluding hydrogens is 488 g/mol. The normalized spacial score (nSPS) is 12.7. The van der Waals surface area contributed by atoms with E-state index in [-0.39, 0.29) is 18.9 Å². The van der Waals surface area contributed by atoms with Gasteiger partial charge in [0.05, 0.1) is 12.7 Å². The van der Waals surface area contributed by atoms with Crippen LogP contribution >= 0.6 is 0 Å². The molecule has 9 heteroatoms. The van der Waals surface area contributed by atoms with Gasteiger partial charge in [0.2, 0.25) is 5.91 Å². The summed E-state index contributed by atoms with van der Waals surface area (Å²) in [6, 6.07) is 13.8. The number of nitrogens with one attached hydrogen (secondary N) is 2. The summed E-state index contributed by atoms with van der Waals surface area (Å²) in [6.45, 7) is 9.25. The average Bonchev–Trinajstić information content (AvgIpc) is 2.86. The van der Waals surface area contributed by atoms with Gasteiger partial charge in [0.1, 0.15) is 24.3 Å². The number of rotatable bonds is 11. The zero-order valence-corrected chi connectivity index (χ0v) is 22.9. The molecule has 0 radical (unpaired) electrons. The molecule has 0 aromatic heterocycles. The Morgan fingerprint density at radius 3 is 2.03 bits per heavy atom. The minimum Gasteiger partial charge on any atom is -0.467 e. The first kappa shape index (κ1) is 30.3. The summed E-state index contributed by atoms with van der Waals surface area (Å²) in [6.07, 6.45) is -0.271. The molecule has 0 bridgehead atoms. The molecule has 2 atom stereocenters. The SMILES string of the molecule is COC(=O)[C@@H](Cc1ccc(C(=O)OC(C)(C)C)cc1)NC(=O)[C@H](CC(C)C)NC(=O)OCc1ccccc1. The maximum absolute atomic E-state index is 13.1. The number of esters is 2. The molecule has 2 aromatic rings. The van der Waals surface area contributed by atoms with E-state index in [0.29, 0.717) is 17.5 Å². The molecule has 0 heterocycles. The van der Waals surface area contributed by atoms with Gasteiger partial charge in [-0.25, -0.2) is 14.4 Å². The third kappa shape index (κ3) is 10.6. The van der Waals surface area contributed by atoms with E-state index in [4.69, 9.17) is 14.2 Å². The molecule has 0 unspecified atom stereocenters. The number of hydrogen-bond donors (Lipinski definition) is 2. The molecule has 2 rings (SSSR count). The van der Waals surface area contributed by atoms with Gasteiger partial charge in [-0.15, -0.1) is 0 Å². The molecule has 2 aromatic carbocycles. The first-order chi connectivity index (χ1) is 17.9. The van der Waals surface area contributed by atoms with Gasteiger partial charge >= 0.3 is 18.0 Å². The average molecular weight is 527 g/mol. The van der Waals surface area contributed by atoms with E-state index < -0.39 is 41.6 Å². The zero-order chi connectivity index (χ0) is 28.3. The maximum Gasteiger partial charge on any atom is 0.408 e. The van der Waals surface area contributed by atoms with E-state index in [1.54, 1.807) is 45.0 Å². The first-order valence-electron chi connectivity index (χ1n) is 12.6. The fourth-order valence-corrected chi connectivity index (χ4v) is 3.57. The van der Waals surface area contributed by atoms with Crippen molar-refractivity contribution in [2.45, 2.75) is 71.8 Å². The van der Waals surface area contributed by atoms with Crippen molar-refractivity contribution < 1.29 is 33.4 Å². The van der Waals surface area contributed by atoms with Crippen molar-refractivity contribution in [3.8, 4) is 0 Å². The van der Waals surface area contributed by atoms with Crippen molar-refractivity contribution in [1.29, 1.82) is 0 Å². The number of alkyl carbamates (subject to hydrolysis) is 1. The molecule has 0 saturated carbocycles. The Bertz CT molecular complexity index is 1080. The minimum atomic E-state index is -1.00. The van der Waals surface area contributed by atoms with E-state index in [1.807, 2.05) is 44.2 Å². The van der Waals surface area contributed by atoms with Crippen LogP contribution in [0.2, 0.25) is 0 Å². The second-order valence-electron chi connectivity index (χ2n) is 10.4. The van der Waals surface area contributed by atoms with Crippen molar-refractivity contribution in [3.05, 3.63) is 71.3 Å². The summed E-state index contributed by atoms with van der Waals surface area (Å²) in [7, 11) is 1.23. The smallest absolute Gasteiger partial charge is 0.408 e. The largest absolute Gasteiger partial charge is 0.467 e. The first-order valence-corrected chi connectivity index (χ1v) is 12.6. The van der Waals surface area contributed by atoms with E-state index >= 15 is 0 Å². The van der Waals surface area contributed by atoms with Gasteiger partial charge in [-0.3, -0.25) is 4.79 Å². The highest BCUT2D eigenvalue weighted by molar-refractivity contribution is 5.90. The molecule has 206 valence electrons. The molecule has 0 spiro atoms. The van der Waals surface area contributed by atoms with Gasteiger partial charge in [-0.05, 0) is 56.4 Å². The number of benzene rings is 2. The summed E-state index contributed by atoms with van der Waals surface area (Å²) in [4.78, 5) is 50.3. The summed E-state index contributed by atoms with van der Waals surface area (Å²) in [5.74, 6) is -1.54. The van der Waals surface area contributed by atoms with Crippen LogP contribution in [0.25, 0.3) is 0 Å². The Balaban J connectivity index is 2.06. The van der Waals surface area contributed by atoms with Crippen molar-refractivity contribution >= 4 is 23.9 Å². The van der Waals surface area contributed by atoms with E-state index in [9.17, 15) is 19.2 Å². The highest BCUT2D eigenvalue weighted by Crippen LogP contribution is 2.14. The van der Waals surface area contributed by atoms with Gasteiger partial charge < -0.3 is 24.8 Å². The van der Waals surface area contributed by atoms with Crippen molar-refractivity contribution in [1.82, 2.24) is 10.6 Å². The molecule has 0 fully saturated rings. The number of carbonyl (C=O) groups is 4. The van der Waals surface area contributed by atoms with Crippen LogP contribution in [-0.2, 0) is 36.8 Å². The van der Waals surface area contributed by atoms with E-state index in [0.717, 1.165) is 5.56 Å². The van der Waals surface area contributed by atoms with Crippen LogP contribution in [0.3, 0.4) is 0 Å². The van der Waals surface area contributed by atoms with Crippen molar-refractivity contribution in [3.63, 3.8) is 0 Å². The topological polar surface area (TPSA) is 120 Å². The maximum atomic E-state index is 13.1. The third-order valence-electron chi connectivity index (χ3n) is 5.36. The predicted molar refractivity (Wildman–Crippen MR) is 142 cm³/mol. The number of methoxy groups -OCH3 is 1. The lowest BCUT2D eigenvalue weighted by Crippen LogP contribution is -2.53. The highest BCUT2D eigenvalue weighted by atomic mass is 16.6. The van der Waals surface area contributed by atoms with Crippen LogP contribution < -0.4 is 10.6 Å². The van der Waals surface area contributed by atoms with Crippen LogP contribution in [0.4, 0.5) is 4.79 Å².